The number of hydrogen-bond donors (Lipinski definition) is 2. The van der Waals surface area contributed by atoms with Gasteiger partial charge in [0, 0.05) is 18.5 Å². The lowest BCUT2D eigenvalue weighted by atomic mass is 10.1. The molecule has 0 amide bonds. The third-order valence-electron chi connectivity index (χ3n) is 2.83. The van der Waals surface area contributed by atoms with Crippen molar-refractivity contribution in [2.24, 2.45) is 4.99 Å². The maximum Gasteiger partial charge on any atom is 0.191 e. The highest BCUT2D eigenvalue weighted by molar-refractivity contribution is 14.0. The summed E-state index contributed by atoms with van der Waals surface area (Å²) in [5, 5.41) is 8.52. The normalized spacial score (nSPS) is 10.9. The summed E-state index contributed by atoms with van der Waals surface area (Å²) in [6.07, 6.45) is 0.761. The molecule has 0 aliphatic carbocycles. The van der Waals surface area contributed by atoms with E-state index < -0.39 is 0 Å². The molecule has 2 aromatic rings. The molecule has 0 fully saturated rings. The van der Waals surface area contributed by atoms with Gasteiger partial charge in [-0.3, -0.25) is 4.99 Å². The monoisotopic (exact) mass is 419 g/mol. The predicted octanol–water partition coefficient (Wildman–Crippen LogP) is 3.41. The van der Waals surface area contributed by atoms with E-state index in [0.29, 0.717) is 6.54 Å². The largest absolute Gasteiger partial charge is 0.356 e. The predicted molar refractivity (Wildman–Crippen MR) is 98.0 cm³/mol. The van der Waals surface area contributed by atoms with Crippen molar-refractivity contribution >= 4 is 41.3 Å². The third-order valence-corrected chi connectivity index (χ3v) is 3.71. The highest BCUT2D eigenvalue weighted by Crippen LogP contribution is 2.07. The van der Waals surface area contributed by atoms with Crippen LogP contribution >= 0.6 is 35.3 Å². The highest BCUT2D eigenvalue weighted by atomic mass is 127. The number of nitrogens with zero attached hydrogens (tertiary/aromatic N) is 1. The number of guanidine groups is 1. The second-order valence-corrected chi connectivity index (χ2v) is 5.34. The Bertz CT molecular complexity index is 558. The Balaban J connectivity index is 0.00000220. The van der Waals surface area contributed by atoms with Crippen LogP contribution in [-0.4, -0.2) is 19.6 Å². The van der Waals surface area contributed by atoms with Crippen LogP contribution in [0.15, 0.2) is 46.8 Å². The molecule has 3 nitrogen and oxygen atoms in total. The van der Waals surface area contributed by atoms with Crippen LogP contribution in [0.1, 0.15) is 10.4 Å². The maximum absolute atomic E-state index is 13.0. The first-order valence-electron chi connectivity index (χ1n) is 6.49. The molecule has 0 aliphatic heterocycles. The molecule has 0 saturated heterocycles. The molecule has 1 heterocycles. The second kappa shape index (κ2) is 9.73. The minimum Gasteiger partial charge on any atom is -0.356 e. The van der Waals surface area contributed by atoms with Crippen molar-refractivity contribution in [1.82, 2.24) is 10.6 Å². The van der Waals surface area contributed by atoms with Crippen LogP contribution in [0, 0.1) is 5.82 Å². The zero-order chi connectivity index (χ0) is 14.2. The molecule has 0 unspecified atom stereocenters. The number of rotatable bonds is 5. The highest BCUT2D eigenvalue weighted by Gasteiger charge is 2.00. The number of hydrogen-bond acceptors (Lipinski definition) is 2. The second-order valence-electron chi connectivity index (χ2n) is 4.31. The summed E-state index contributed by atoms with van der Waals surface area (Å²) in [6, 6.07) is 10.8. The summed E-state index contributed by atoms with van der Waals surface area (Å²) in [5.74, 6) is 0.567. The van der Waals surface area contributed by atoms with Crippen molar-refractivity contribution in [3.8, 4) is 0 Å². The topological polar surface area (TPSA) is 36.4 Å². The van der Waals surface area contributed by atoms with E-state index in [2.05, 4.69) is 27.1 Å². The van der Waals surface area contributed by atoms with E-state index in [1.165, 1.54) is 10.9 Å². The van der Waals surface area contributed by atoms with E-state index >= 15 is 0 Å². The SMILES string of the molecule is CN=C(NCCc1cccc(F)c1)NCc1cccs1.I. The van der Waals surface area contributed by atoms with Crippen LogP contribution in [0.5, 0.6) is 0 Å². The average Bonchev–Trinajstić information content (AvgIpc) is 2.96. The first-order valence-corrected chi connectivity index (χ1v) is 7.37. The van der Waals surface area contributed by atoms with Crippen molar-refractivity contribution in [1.29, 1.82) is 0 Å². The van der Waals surface area contributed by atoms with E-state index in [-0.39, 0.29) is 29.8 Å². The molecule has 2 rings (SSSR count). The Morgan fingerprint density at radius 3 is 2.76 bits per heavy atom. The summed E-state index contributed by atoms with van der Waals surface area (Å²) >= 11 is 1.71. The van der Waals surface area contributed by atoms with E-state index in [0.717, 1.165) is 24.5 Å². The lowest BCUT2D eigenvalue weighted by Gasteiger charge is -2.11. The molecular formula is C15H19FIN3S. The fourth-order valence-electron chi connectivity index (χ4n) is 1.82. The summed E-state index contributed by atoms with van der Waals surface area (Å²) in [5.41, 5.74) is 0.978. The van der Waals surface area contributed by atoms with Gasteiger partial charge in [-0.15, -0.1) is 35.3 Å². The molecule has 0 bridgehead atoms. The summed E-state index contributed by atoms with van der Waals surface area (Å²) in [7, 11) is 1.74. The van der Waals surface area contributed by atoms with Crippen molar-refractivity contribution in [2.45, 2.75) is 13.0 Å². The smallest absolute Gasteiger partial charge is 0.191 e. The molecule has 1 aromatic heterocycles. The zero-order valence-electron chi connectivity index (χ0n) is 11.8. The summed E-state index contributed by atoms with van der Waals surface area (Å²) < 4.78 is 13.0. The van der Waals surface area contributed by atoms with E-state index in [4.69, 9.17) is 0 Å². The van der Waals surface area contributed by atoms with Gasteiger partial charge in [-0.05, 0) is 35.6 Å². The van der Waals surface area contributed by atoms with Gasteiger partial charge in [-0.2, -0.15) is 0 Å². The van der Waals surface area contributed by atoms with Gasteiger partial charge < -0.3 is 10.6 Å². The fraction of sp³-hybridized carbons (Fsp3) is 0.267. The molecule has 6 heteroatoms. The standard InChI is InChI=1S/C15H18FN3S.HI/c1-17-15(19-11-14-6-3-9-20-14)18-8-7-12-4-2-5-13(16)10-12;/h2-6,9-10H,7-8,11H2,1H3,(H2,17,18,19);1H. The van der Waals surface area contributed by atoms with E-state index in [1.807, 2.05) is 12.1 Å². The Morgan fingerprint density at radius 1 is 1.24 bits per heavy atom. The molecule has 0 atom stereocenters. The Morgan fingerprint density at radius 2 is 2.10 bits per heavy atom. The molecule has 114 valence electrons. The van der Waals surface area contributed by atoms with Crippen LogP contribution < -0.4 is 10.6 Å². The first kappa shape index (κ1) is 17.9. The quantitative estimate of drug-likeness (QED) is 0.443. The molecule has 2 N–H and O–H groups in total. The number of nitrogens with one attached hydrogen (secondary N) is 2. The molecule has 1 aromatic carbocycles. The van der Waals surface area contributed by atoms with Crippen molar-refractivity contribution in [2.75, 3.05) is 13.6 Å². The molecule has 0 spiro atoms. The van der Waals surface area contributed by atoms with Crippen molar-refractivity contribution in [3.63, 3.8) is 0 Å². The third kappa shape index (κ3) is 6.43. The lowest BCUT2D eigenvalue weighted by molar-refractivity contribution is 0.625. The Kier molecular flexibility index (Phi) is 8.29. The zero-order valence-corrected chi connectivity index (χ0v) is 15.0. The van der Waals surface area contributed by atoms with Gasteiger partial charge in [0.25, 0.3) is 0 Å². The lowest BCUT2D eigenvalue weighted by Crippen LogP contribution is -2.37. The average molecular weight is 419 g/mol. The van der Waals surface area contributed by atoms with Crippen LogP contribution in [0.3, 0.4) is 0 Å². The Labute approximate surface area is 145 Å². The van der Waals surface area contributed by atoms with Crippen LogP contribution in [-0.2, 0) is 13.0 Å². The summed E-state index contributed by atoms with van der Waals surface area (Å²) in [6.45, 7) is 1.48. The molecule has 0 radical (unpaired) electrons. The van der Waals surface area contributed by atoms with Gasteiger partial charge in [0.1, 0.15) is 5.82 Å². The van der Waals surface area contributed by atoms with Gasteiger partial charge in [-0.1, -0.05) is 18.2 Å². The fourth-order valence-corrected chi connectivity index (χ4v) is 2.47. The van der Waals surface area contributed by atoms with Crippen molar-refractivity contribution in [3.05, 3.63) is 58.0 Å². The van der Waals surface area contributed by atoms with Gasteiger partial charge in [0.15, 0.2) is 5.96 Å². The summed E-state index contributed by atoms with van der Waals surface area (Å²) in [4.78, 5) is 5.42. The number of aliphatic imine (C=N–C) groups is 1. The molecular weight excluding hydrogens is 400 g/mol. The van der Waals surface area contributed by atoms with Gasteiger partial charge in [0.2, 0.25) is 0 Å². The van der Waals surface area contributed by atoms with Gasteiger partial charge in [0.05, 0.1) is 6.54 Å². The van der Waals surface area contributed by atoms with E-state index in [9.17, 15) is 4.39 Å². The molecule has 21 heavy (non-hydrogen) atoms. The Hall–Kier alpha value is -1.15. The number of halogens is 2. The minimum absolute atomic E-state index is 0. The van der Waals surface area contributed by atoms with Crippen LogP contribution in [0.25, 0.3) is 0 Å². The van der Waals surface area contributed by atoms with Crippen molar-refractivity contribution < 1.29 is 4.39 Å². The molecule has 0 aliphatic rings. The number of benzene rings is 1. The number of thiophene rings is 1. The van der Waals surface area contributed by atoms with Crippen LogP contribution in [0.4, 0.5) is 4.39 Å². The molecule has 0 saturated carbocycles. The van der Waals surface area contributed by atoms with Gasteiger partial charge >= 0.3 is 0 Å². The van der Waals surface area contributed by atoms with Gasteiger partial charge in [-0.25, -0.2) is 4.39 Å². The van der Waals surface area contributed by atoms with E-state index in [1.54, 1.807) is 30.5 Å². The first-order chi connectivity index (χ1) is 9.78. The minimum atomic E-state index is -0.192. The van der Waals surface area contributed by atoms with Crippen LogP contribution in [0.2, 0.25) is 0 Å². The maximum atomic E-state index is 13.0.